The first-order chi connectivity index (χ1) is 13.4. The summed E-state index contributed by atoms with van der Waals surface area (Å²) >= 11 is 0. The summed E-state index contributed by atoms with van der Waals surface area (Å²) in [7, 11) is 0. The van der Waals surface area contributed by atoms with Crippen LogP contribution in [0.15, 0.2) is 48.6 Å². The SMILES string of the molecule is CC/C=C\C/C=C\C/C=C\C[C@@H]1O[C@@H]([C@@H](O)/C=C/[C@@H](O)CCC(=O)O)C[C@H]1O. The molecule has 0 spiro atoms. The molecular formula is C22H34O6. The fourth-order valence-corrected chi connectivity index (χ4v) is 2.87. The molecule has 1 saturated heterocycles. The minimum atomic E-state index is -0.977. The molecule has 5 atom stereocenters. The van der Waals surface area contributed by atoms with Gasteiger partial charge in [0.1, 0.15) is 0 Å². The van der Waals surface area contributed by atoms with Crippen LogP contribution in [-0.4, -0.2) is 56.9 Å². The molecule has 0 amide bonds. The van der Waals surface area contributed by atoms with Crippen LogP contribution in [0, 0.1) is 0 Å². The van der Waals surface area contributed by atoms with Crippen LogP contribution in [0.3, 0.4) is 0 Å². The lowest BCUT2D eigenvalue weighted by atomic mass is 10.0. The Hall–Kier alpha value is -1.73. The van der Waals surface area contributed by atoms with Crippen LogP contribution >= 0.6 is 0 Å². The number of hydrogen-bond acceptors (Lipinski definition) is 5. The summed E-state index contributed by atoms with van der Waals surface area (Å²) in [5.41, 5.74) is 0. The van der Waals surface area contributed by atoms with E-state index in [1.54, 1.807) is 0 Å². The molecule has 0 aromatic heterocycles. The Kier molecular flexibility index (Phi) is 12.4. The molecule has 1 rings (SSSR count). The number of hydrogen-bond donors (Lipinski definition) is 4. The topological polar surface area (TPSA) is 107 Å². The van der Waals surface area contributed by atoms with Crippen LogP contribution in [-0.2, 0) is 9.53 Å². The second-order valence-electron chi connectivity index (χ2n) is 6.92. The lowest BCUT2D eigenvalue weighted by Gasteiger charge is -2.16. The Labute approximate surface area is 167 Å². The zero-order valence-corrected chi connectivity index (χ0v) is 16.6. The number of aliphatic carboxylic acids is 1. The maximum Gasteiger partial charge on any atom is 0.303 e. The number of carbonyl (C=O) groups is 1. The van der Waals surface area contributed by atoms with Gasteiger partial charge < -0.3 is 25.2 Å². The van der Waals surface area contributed by atoms with E-state index in [1.807, 2.05) is 12.2 Å². The van der Waals surface area contributed by atoms with E-state index in [1.165, 1.54) is 12.2 Å². The molecule has 0 saturated carbocycles. The average molecular weight is 395 g/mol. The summed E-state index contributed by atoms with van der Waals surface area (Å²) in [6.07, 6.45) is 15.5. The third-order valence-electron chi connectivity index (χ3n) is 4.47. The predicted octanol–water partition coefficient (Wildman–Crippen LogP) is 2.90. The number of aliphatic hydroxyl groups excluding tert-OH is 3. The molecule has 0 aromatic carbocycles. The molecule has 0 aliphatic carbocycles. The highest BCUT2D eigenvalue weighted by molar-refractivity contribution is 5.66. The van der Waals surface area contributed by atoms with Crippen molar-refractivity contribution in [1.29, 1.82) is 0 Å². The van der Waals surface area contributed by atoms with Gasteiger partial charge in [-0.1, -0.05) is 55.5 Å². The van der Waals surface area contributed by atoms with Gasteiger partial charge in [-0.15, -0.1) is 0 Å². The molecule has 1 aliphatic heterocycles. The van der Waals surface area contributed by atoms with E-state index in [0.29, 0.717) is 12.8 Å². The van der Waals surface area contributed by atoms with Crippen LogP contribution in [0.1, 0.15) is 51.9 Å². The van der Waals surface area contributed by atoms with Crippen molar-refractivity contribution >= 4 is 5.97 Å². The molecule has 28 heavy (non-hydrogen) atoms. The number of ether oxygens (including phenoxy) is 1. The number of rotatable bonds is 13. The Morgan fingerprint density at radius 3 is 2.36 bits per heavy atom. The second-order valence-corrected chi connectivity index (χ2v) is 6.92. The Morgan fingerprint density at radius 1 is 1.07 bits per heavy atom. The van der Waals surface area contributed by atoms with Crippen molar-refractivity contribution in [3.63, 3.8) is 0 Å². The van der Waals surface area contributed by atoms with Crippen molar-refractivity contribution < 1.29 is 30.0 Å². The minimum Gasteiger partial charge on any atom is -0.481 e. The highest BCUT2D eigenvalue weighted by Crippen LogP contribution is 2.26. The maximum atomic E-state index is 10.5. The molecule has 4 N–H and O–H groups in total. The monoisotopic (exact) mass is 394 g/mol. The van der Waals surface area contributed by atoms with Crippen LogP contribution in [0.25, 0.3) is 0 Å². The van der Waals surface area contributed by atoms with Gasteiger partial charge in [0.05, 0.1) is 30.5 Å². The van der Waals surface area contributed by atoms with Crippen LogP contribution in [0.4, 0.5) is 0 Å². The first kappa shape index (κ1) is 24.3. The van der Waals surface area contributed by atoms with E-state index in [0.717, 1.165) is 19.3 Å². The maximum absolute atomic E-state index is 10.5. The molecule has 1 fully saturated rings. The van der Waals surface area contributed by atoms with Crippen molar-refractivity contribution in [2.45, 2.75) is 82.4 Å². The average Bonchev–Trinajstić information content (AvgIpc) is 3.03. The number of carboxylic acids is 1. The standard InChI is InChI=1S/C22H34O6/c1-2-3-4-5-6-7-8-9-10-11-20-19(25)16-21(28-20)18(24)14-12-17(23)13-15-22(26)27/h3-4,6-7,9-10,12,14,17-21,23-25H,2,5,8,11,13,15-16H2,1H3,(H,26,27)/b4-3-,7-6-,10-9-,14-12+/t17-,18+,19-,20+,21-/m1/s1. The van der Waals surface area contributed by atoms with Crippen molar-refractivity contribution in [2.24, 2.45) is 0 Å². The quantitative estimate of drug-likeness (QED) is 0.358. The molecular weight excluding hydrogens is 360 g/mol. The fourth-order valence-electron chi connectivity index (χ4n) is 2.87. The Morgan fingerprint density at radius 2 is 1.71 bits per heavy atom. The first-order valence-electron chi connectivity index (χ1n) is 9.98. The lowest BCUT2D eigenvalue weighted by molar-refractivity contribution is -0.137. The number of carboxylic acid groups (broad SMARTS) is 1. The summed E-state index contributed by atoms with van der Waals surface area (Å²) in [6, 6.07) is 0. The largest absolute Gasteiger partial charge is 0.481 e. The van der Waals surface area contributed by atoms with E-state index in [4.69, 9.17) is 9.84 Å². The van der Waals surface area contributed by atoms with Crippen LogP contribution in [0.2, 0.25) is 0 Å². The highest BCUT2D eigenvalue weighted by atomic mass is 16.5. The number of aliphatic hydroxyl groups is 3. The van der Waals surface area contributed by atoms with Gasteiger partial charge >= 0.3 is 5.97 Å². The van der Waals surface area contributed by atoms with Crippen LogP contribution in [0.5, 0.6) is 0 Å². The van der Waals surface area contributed by atoms with Gasteiger partial charge in [-0.3, -0.25) is 4.79 Å². The highest BCUT2D eigenvalue weighted by Gasteiger charge is 2.36. The predicted molar refractivity (Wildman–Crippen MR) is 109 cm³/mol. The molecule has 1 aliphatic rings. The molecule has 1 heterocycles. The third-order valence-corrected chi connectivity index (χ3v) is 4.47. The summed E-state index contributed by atoms with van der Waals surface area (Å²) in [5.74, 6) is -0.977. The molecule has 0 aromatic rings. The minimum absolute atomic E-state index is 0.0868. The lowest BCUT2D eigenvalue weighted by Crippen LogP contribution is -2.24. The Balaban J connectivity index is 2.32. The van der Waals surface area contributed by atoms with Gasteiger partial charge in [0, 0.05) is 12.8 Å². The zero-order chi connectivity index (χ0) is 20.8. The number of allylic oxidation sites excluding steroid dienone is 5. The van der Waals surface area contributed by atoms with Crippen molar-refractivity contribution in [3.8, 4) is 0 Å². The fraction of sp³-hybridized carbons (Fsp3) is 0.591. The van der Waals surface area contributed by atoms with Gasteiger partial charge in [0.25, 0.3) is 0 Å². The first-order valence-corrected chi connectivity index (χ1v) is 9.98. The van der Waals surface area contributed by atoms with Crippen molar-refractivity contribution in [2.75, 3.05) is 0 Å². The normalized spacial score (nSPS) is 25.5. The third kappa shape index (κ3) is 10.6. The molecule has 0 unspecified atom stereocenters. The van der Waals surface area contributed by atoms with Gasteiger partial charge in [0.15, 0.2) is 0 Å². The van der Waals surface area contributed by atoms with E-state index in [2.05, 4.69) is 31.2 Å². The molecule has 6 heteroatoms. The molecule has 0 radical (unpaired) electrons. The van der Waals surface area contributed by atoms with E-state index in [9.17, 15) is 20.1 Å². The second kappa shape index (κ2) is 14.3. The van der Waals surface area contributed by atoms with Gasteiger partial charge in [-0.05, 0) is 32.1 Å². The zero-order valence-electron chi connectivity index (χ0n) is 16.6. The smallest absolute Gasteiger partial charge is 0.303 e. The summed E-state index contributed by atoms with van der Waals surface area (Å²) in [6.45, 7) is 2.11. The van der Waals surface area contributed by atoms with Gasteiger partial charge in [0.2, 0.25) is 0 Å². The van der Waals surface area contributed by atoms with E-state index in [-0.39, 0.29) is 18.9 Å². The summed E-state index contributed by atoms with van der Waals surface area (Å²) in [4.78, 5) is 10.5. The summed E-state index contributed by atoms with van der Waals surface area (Å²) in [5, 5.41) is 38.5. The van der Waals surface area contributed by atoms with E-state index < -0.39 is 30.4 Å². The summed E-state index contributed by atoms with van der Waals surface area (Å²) < 4.78 is 5.73. The van der Waals surface area contributed by atoms with Crippen molar-refractivity contribution in [1.82, 2.24) is 0 Å². The molecule has 158 valence electrons. The van der Waals surface area contributed by atoms with E-state index >= 15 is 0 Å². The molecule has 0 bridgehead atoms. The Bertz CT molecular complexity index is 551. The molecule has 6 nitrogen and oxygen atoms in total. The van der Waals surface area contributed by atoms with Crippen molar-refractivity contribution in [3.05, 3.63) is 48.6 Å². The van der Waals surface area contributed by atoms with Gasteiger partial charge in [-0.2, -0.15) is 0 Å². The van der Waals surface area contributed by atoms with Gasteiger partial charge in [-0.25, -0.2) is 0 Å². The van der Waals surface area contributed by atoms with Crippen LogP contribution < -0.4 is 0 Å².